The molecule has 4 nitrogen and oxygen atoms in total. The van der Waals surface area contributed by atoms with Crippen molar-refractivity contribution in [3.8, 4) is 5.75 Å². The lowest BCUT2D eigenvalue weighted by atomic mass is 10.1. The Morgan fingerprint density at radius 1 is 1.16 bits per heavy atom. The standard InChI is InChI=1S/C20H24BrNO3/c1-4-25-19-10-5-15(11-16(19)13-24-12-14(2)3)20(23)22-18-8-6-17(21)7-9-18/h5-11,14H,4,12-13H2,1-3H3,(H,22,23). The van der Waals surface area contributed by atoms with Crippen LogP contribution in [0.2, 0.25) is 0 Å². The maximum absolute atomic E-state index is 12.5. The molecule has 2 aromatic carbocycles. The molecule has 0 fully saturated rings. The third kappa shape index (κ3) is 6.18. The summed E-state index contributed by atoms with van der Waals surface area (Å²) in [5, 5.41) is 2.90. The fourth-order valence-corrected chi connectivity index (χ4v) is 2.54. The SMILES string of the molecule is CCOc1ccc(C(=O)Nc2ccc(Br)cc2)cc1COCC(C)C. The van der Waals surface area contributed by atoms with Gasteiger partial charge in [0.1, 0.15) is 5.75 Å². The van der Waals surface area contributed by atoms with Crippen LogP contribution in [0.5, 0.6) is 5.75 Å². The molecular formula is C20H24BrNO3. The van der Waals surface area contributed by atoms with E-state index in [2.05, 4.69) is 35.1 Å². The summed E-state index contributed by atoms with van der Waals surface area (Å²) in [5.41, 5.74) is 2.21. The van der Waals surface area contributed by atoms with E-state index < -0.39 is 0 Å². The fraction of sp³-hybridized carbons (Fsp3) is 0.350. The highest BCUT2D eigenvalue weighted by Crippen LogP contribution is 2.23. The Morgan fingerprint density at radius 2 is 1.88 bits per heavy atom. The predicted octanol–water partition coefficient (Wildman–Crippen LogP) is 5.27. The van der Waals surface area contributed by atoms with Gasteiger partial charge in [0.25, 0.3) is 5.91 Å². The van der Waals surface area contributed by atoms with Gasteiger partial charge in [-0.05, 0) is 55.3 Å². The molecule has 2 aromatic rings. The molecule has 25 heavy (non-hydrogen) atoms. The molecule has 0 spiro atoms. The minimum atomic E-state index is -0.157. The monoisotopic (exact) mass is 405 g/mol. The van der Waals surface area contributed by atoms with E-state index in [0.29, 0.717) is 31.3 Å². The van der Waals surface area contributed by atoms with Crippen LogP contribution in [0.15, 0.2) is 46.9 Å². The topological polar surface area (TPSA) is 47.6 Å². The number of carbonyl (C=O) groups is 1. The molecule has 0 heterocycles. The first-order chi connectivity index (χ1) is 12.0. The quantitative estimate of drug-likeness (QED) is 0.650. The average molecular weight is 406 g/mol. The summed E-state index contributed by atoms with van der Waals surface area (Å²) in [6.45, 7) is 7.80. The van der Waals surface area contributed by atoms with Gasteiger partial charge in [0.15, 0.2) is 0 Å². The number of halogens is 1. The fourth-order valence-electron chi connectivity index (χ4n) is 2.27. The number of anilines is 1. The van der Waals surface area contributed by atoms with Gasteiger partial charge in [0, 0.05) is 27.9 Å². The molecule has 5 heteroatoms. The molecule has 0 radical (unpaired) electrons. The van der Waals surface area contributed by atoms with E-state index in [1.54, 1.807) is 6.07 Å². The zero-order valence-corrected chi connectivity index (χ0v) is 16.4. The second-order valence-electron chi connectivity index (χ2n) is 6.13. The summed E-state index contributed by atoms with van der Waals surface area (Å²) in [6.07, 6.45) is 0. The molecule has 1 N–H and O–H groups in total. The van der Waals surface area contributed by atoms with Crippen LogP contribution in [0.1, 0.15) is 36.7 Å². The van der Waals surface area contributed by atoms with E-state index in [0.717, 1.165) is 21.5 Å². The number of ether oxygens (including phenoxy) is 2. The zero-order chi connectivity index (χ0) is 18.2. The van der Waals surface area contributed by atoms with Crippen molar-refractivity contribution in [2.75, 3.05) is 18.5 Å². The highest BCUT2D eigenvalue weighted by atomic mass is 79.9. The largest absolute Gasteiger partial charge is 0.494 e. The molecule has 134 valence electrons. The number of nitrogens with one attached hydrogen (secondary N) is 1. The Labute approximate surface area is 157 Å². The number of benzene rings is 2. The van der Waals surface area contributed by atoms with Crippen molar-refractivity contribution in [1.82, 2.24) is 0 Å². The third-order valence-electron chi connectivity index (χ3n) is 3.43. The normalized spacial score (nSPS) is 10.8. The molecule has 0 aliphatic carbocycles. The van der Waals surface area contributed by atoms with Crippen molar-refractivity contribution in [2.45, 2.75) is 27.4 Å². The molecule has 0 unspecified atom stereocenters. The van der Waals surface area contributed by atoms with Gasteiger partial charge in [-0.15, -0.1) is 0 Å². The van der Waals surface area contributed by atoms with E-state index >= 15 is 0 Å². The number of hydrogen-bond donors (Lipinski definition) is 1. The summed E-state index contributed by atoms with van der Waals surface area (Å²) >= 11 is 3.38. The molecule has 0 bridgehead atoms. The molecular weight excluding hydrogens is 382 g/mol. The van der Waals surface area contributed by atoms with Gasteiger partial charge in [0.2, 0.25) is 0 Å². The predicted molar refractivity (Wildman–Crippen MR) is 104 cm³/mol. The lowest BCUT2D eigenvalue weighted by molar-refractivity contribution is 0.0948. The van der Waals surface area contributed by atoms with Crippen molar-refractivity contribution in [3.63, 3.8) is 0 Å². The van der Waals surface area contributed by atoms with Crippen molar-refractivity contribution < 1.29 is 14.3 Å². The van der Waals surface area contributed by atoms with E-state index in [1.165, 1.54) is 0 Å². The molecule has 0 aromatic heterocycles. The van der Waals surface area contributed by atoms with Crippen LogP contribution in [0.25, 0.3) is 0 Å². The summed E-state index contributed by atoms with van der Waals surface area (Å²) in [7, 11) is 0. The highest BCUT2D eigenvalue weighted by molar-refractivity contribution is 9.10. The number of carbonyl (C=O) groups excluding carboxylic acids is 1. The molecule has 0 aliphatic rings. The van der Waals surface area contributed by atoms with Gasteiger partial charge in [-0.1, -0.05) is 29.8 Å². The Bertz CT molecular complexity index is 699. The van der Waals surface area contributed by atoms with Crippen LogP contribution in [0.4, 0.5) is 5.69 Å². The molecule has 2 rings (SSSR count). The van der Waals surface area contributed by atoms with Crippen molar-refractivity contribution in [3.05, 3.63) is 58.1 Å². The number of hydrogen-bond acceptors (Lipinski definition) is 3. The Morgan fingerprint density at radius 3 is 2.52 bits per heavy atom. The van der Waals surface area contributed by atoms with Crippen LogP contribution >= 0.6 is 15.9 Å². The van der Waals surface area contributed by atoms with E-state index in [9.17, 15) is 4.79 Å². The maximum Gasteiger partial charge on any atom is 0.255 e. The van der Waals surface area contributed by atoms with E-state index in [1.807, 2.05) is 43.3 Å². The minimum absolute atomic E-state index is 0.157. The smallest absolute Gasteiger partial charge is 0.255 e. The number of rotatable bonds is 8. The lowest BCUT2D eigenvalue weighted by Gasteiger charge is -2.14. The second kappa shape index (κ2) is 9.59. The average Bonchev–Trinajstić information content (AvgIpc) is 2.58. The van der Waals surface area contributed by atoms with E-state index in [4.69, 9.17) is 9.47 Å². The van der Waals surface area contributed by atoms with Gasteiger partial charge in [0.05, 0.1) is 13.2 Å². The summed E-state index contributed by atoms with van der Waals surface area (Å²) < 4.78 is 12.3. The van der Waals surface area contributed by atoms with Crippen LogP contribution in [0.3, 0.4) is 0 Å². The van der Waals surface area contributed by atoms with Gasteiger partial charge < -0.3 is 14.8 Å². The Hall–Kier alpha value is -1.85. The molecule has 0 atom stereocenters. The summed E-state index contributed by atoms with van der Waals surface area (Å²) in [5.74, 6) is 1.06. The third-order valence-corrected chi connectivity index (χ3v) is 3.96. The van der Waals surface area contributed by atoms with Gasteiger partial charge in [-0.3, -0.25) is 4.79 Å². The van der Waals surface area contributed by atoms with Gasteiger partial charge >= 0.3 is 0 Å². The first-order valence-electron chi connectivity index (χ1n) is 8.40. The highest BCUT2D eigenvalue weighted by Gasteiger charge is 2.11. The maximum atomic E-state index is 12.5. The molecule has 0 saturated heterocycles. The van der Waals surface area contributed by atoms with Crippen LogP contribution < -0.4 is 10.1 Å². The Balaban J connectivity index is 2.13. The summed E-state index contributed by atoms with van der Waals surface area (Å²) in [4.78, 5) is 12.5. The van der Waals surface area contributed by atoms with Gasteiger partial charge in [-0.2, -0.15) is 0 Å². The Kier molecular flexibility index (Phi) is 7.47. The lowest BCUT2D eigenvalue weighted by Crippen LogP contribution is -2.13. The van der Waals surface area contributed by atoms with Crippen molar-refractivity contribution in [1.29, 1.82) is 0 Å². The second-order valence-corrected chi connectivity index (χ2v) is 7.04. The van der Waals surface area contributed by atoms with Crippen LogP contribution in [-0.4, -0.2) is 19.1 Å². The van der Waals surface area contributed by atoms with Crippen LogP contribution in [0, 0.1) is 5.92 Å². The van der Waals surface area contributed by atoms with Gasteiger partial charge in [-0.25, -0.2) is 0 Å². The van der Waals surface area contributed by atoms with Crippen molar-refractivity contribution in [2.24, 2.45) is 5.92 Å². The summed E-state index contributed by atoms with van der Waals surface area (Å²) in [6, 6.07) is 12.9. The first kappa shape index (κ1) is 19.5. The van der Waals surface area contributed by atoms with E-state index in [-0.39, 0.29) is 5.91 Å². The first-order valence-corrected chi connectivity index (χ1v) is 9.19. The van der Waals surface area contributed by atoms with Crippen LogP contribution in [-0.2, 0) is 11.3 Å². The zero-order valence-electron chi connectivity index (χ0n) is 14.8. The molecule has 0 saturated carbocycles. The number of amides is 1. The molecule has 1 amide bonds. The minimum Gasteiger partial charge on any atom is -0.494 e. The van der Waals surface area contributed by atoms with Crippen molar-refractivity contribution >= 4 is 27.5 Å². The molecule has 0 aliphatic heterocycles.